The molecule has 2 aromatic rings. The molecule has 5 heteroatoms. The van der Waals surface area contributed by atoms with Crippen molar-refractivity contribution in [2.45, 2.75) is 32.7 Å². The van der Waals surface area contributed by atoms with Gasteiger partial charge in [0.25, 0.3) is 11.6 Å². The minimum atomic E-state index is -0.512. The fourth-order valence-corrected chi connectivity index (χ4v) is 2.17. The van der Waals surface area contributed by atoms with Crippen LogP contribution in [-0.4, -0.2) is 10.8 Å². The first kappa shape index (κ1) is 16.7. The zero-order valence-corrected chi connectivity index (χ0v) is 13.5. The summed E-state index contributed by atoms with van der Waals surface area (Å²) in [5, 5.41) is 13.5. The molecule has 0 heterocycles. The van der Waals surface area contributed by atoms with Crippen LogP contribution >= 0.6 is 0 Å². The lowest BCUT2D eigenvalue weighted by atomic mass is 9.87. The number of carbonyl (C=O) groups excluding carboxylic acids is 1. The summed E-state index contributed by atoms with van der Waals surface area (Å²) in [5.41, 5.74) is 2.49. The fraction of sp³-hybridized carbons (Fsp3) is 0.278. The summed E-state index contributed by atoms with van der Waals surface area (Å²) >= 11 is 0. The predicted octanol–water partition coefficient (Wildman–Crippen LogP) is 3.82. The number of hydrogen-bond acceptors (Lipinski definition) is 3. The second-order valence-corrected chi connectivity index (χ2v) is 6.44. The first-order valence-corrected chi connectivity index (χ1v) is 7.39. The topological polar surface area (TPSA) is 72.2 Å². The third-order valence-corrected chi connectivity index (χ3v) is 3.59. The molecule has 2 aromatic carbocycles. The molecule has 0 saturated heterocycles. The van der Waals surface area contributed by atoms with E-state index in [4.69, 9.17) is 0 Å². The molecule has 0 spiro atoms. The number of rotatable bonds is 4. The maximum atomic E-state index is 12.1. The van der Waals surface area contributed by atoms with Crippen molar-refractivity contribution in [3.8, 4) is 0 Å². The van der Waals surface area contributed by atoms with E-state index in [0.29, 0.717) is 6.54 Å². The molecule has 0 aliphatic carbocycles. The highest BCUT2D eigenvalue weighted by Crippen LogP contribution is 2.22. The number of hydrogen-bond donors (Lipinski definition) is 1. The van der Waals surface area contributed by atoms with Gasteiger partial charge < -0.3 is 5.32 Å². The van der Waals surface area contributed by atoms with E-state index in [9.17, 15) is 14.9 Å². The minimum absolute atomic E-state index is 0.0880. The van der Waals surface area contributed by atoms with Gasteiger partial charge in [-0.1, -0.05) is 51.1 Å². The van der Waals surface area contributed by atoms with Gasteiger partial charge in [-0.3, -0.25) is 14.9 Å². The van der Waals surface area contributed by atoms with E-state index in [1.807, 2.05) is 12.1 Å². The Balaban J connectivity index is 2.02. The fourth-order valence-electron chi connectivity index (χ4n) is 2.17. The van der Waals surface area contributed by atoms with Gasteiger partial charge in [-0.2, -0.15) is 0 Å². The summed E-state index contributed by atoms with van der Waals surface area (Å²) in [6.07, 6.45) is 0. The standard InChI is InChI=1S/C18H20N2O3/c1-18(2,3)15-9-7-13(8-10-15)12-19-17(21)14-5-4-6-16(11-14)20(22)23/h4-11H,12H2,1-3H3,(H,19,21). The molecule has 0 fully saturated rings. The van der Waals surface area contributed by atoms with E-state index in [1.165, 1.54) is 23.8 Å². The molecule has 0 aromatic heterocycles. The van der Waals surface area contributed by atoms with Gasteiger partial charge in [0.1, 0.15) is 0 Å². The summed E-state index contributed by atoms with van der Waals surface area (Å²) in [5.74, 6) is -0.325. The van der Waals surface area contributed by atoms with Gasteiger partial charge in [-0.25, -0.2) is 0 Å². The normalized spacial score (nSPS) is 11.1. The Morgan fingerprint density at radius 1 is 1.13 bits per heavy atom. The number of carbonyl (C=O) groups is 1. The Labute approximate surface area is 135 Å². The average Bonchev–Trinajstić information content (AvgIpc) is 2.52. The van der Waals surface area contributed by atoms with Crippen molar-refractivity contribution in [1.29, 1.82) is 0 Å². The molecular formula is C18H20N2O3. The number of amides is 1. The van der Waals surface area contributed by atoms with E-state index >= 15 is 0 Å². The van der Waals surface area contributed by atoms with Crippen LogP contribution in [0.3, 0.4) is 0 Å². The zero-order valence-electron chi connectivity index (χ0n) is 13.5. The molecule has 5 nitrogen and oxygen atoms in total. The highest BCUT2D eigenvalue weighted by atomic mass is 16.6. The highest BCUT2D eigenvalue weighted by molar-refractivity contribution is 5.94. The first-order chi connectivity index (χ1) is 10.8. The lowest BCUT2D eigenvalue weighted by Gasteiger charge is -2.19. The second-order valence-electron chi connectivity index (χ2n) is 6.44. The molecule has 0 aliphatic heterocycles. The molecule has 0 saturated carbocycles. The Hall–Kier alpha value is -2.69. The number of nitrogens with zero attached hydrogens (tertiary/aromatic N) is 1. The van der Waals surface area contributed by atoms with Gasteiger partial charge in [0.15, 0.2) is 0 Å². The Morgan fingerprint density at radius 2 is 1.78 bits per heavy atom. The van der Waals surface area contributed by atoms with Gasteiger partial charge >= 0.3 is 0 Å². The van der Waals surface area contributed by atoms with Crippen molar-refractivity contribution in [3.63, 3.8) is 0 Å². The van der Waals surface area contributed by atoms with Gasteiger partial charge in [0.2, 0.25) is 0 Å². The third kappa shape index (κ3) is 4.39. The molecular weight excluding hydrogens is 292 g/mol. The maximum absolute atomic E-state index is 12.1. The average molecular weight is 312 g/mol. The Morgan fingerprint density at radius 3 is 2.35 bits per heavy atom. The van der Waals surface area contributed by atoms with Gasteiger partial charge in [-0.15, -0.1) is 0 Å². The van der Waals surface area contributed by atoms with Crippen LogP contribution in [-0.2, 0) is 12.0 Å². The maximum Gasteiger partial charge on any atom is 0.270 e. The summed E-state index contributed by atoms with van der Waals surface area (Å²) in [7, 11) is 0. The molecule has 120 valence electrons. The number of benzene rings is 2. The van der Waals surface area contributed by atoms with Gasteiger partial charge in [0.05, 0.1) is 4.92 Å². The van der Waals surface area contributed by atoms with E-state index in [0.717, 1.165) is 5.56 Å². The molecule has 2 rings (SSSR count). The minimum Gasteiger partial charge on any atom is -0.348 e. The molecule has 0 unspecified atom stereocenters. The smallest absolute Gasteiger partial charge is 0.270 e. The number of nitro benzene ring substituents is 1. The largest absolute Gasteiger partial charge is 0.348 e. The van der Waals surface area contributed by atoms with Crippen LogP contribution in [0.5, 0.6) is 0 Å². The van der Waals surface area contributed by atoms with E-state index < -0.39 is 4.92 Å². The van der Waals surface area contributed by atoms with Crippen molar-refractivity contribution in [2.75, 3.05) is 0 Å². The molecule has 0 atom stereocenters. The first-order valence-electron chi connectivity index (χ1n) is 7.39. The van der Waals surface area contributed by atoms with E-state index in [2.05, 4.69) is 38.2 Å². The lowest BCUT2D eigenvalue weighted by Crippen LogP contribution is -2.23. The molecule has 0 bridgehead atoms. The number of nitro groups is 1. The lowest BCUT2D eigenvalue weighted by molar-refractivity contribution is -0.384. The molecule has 0 aliphatic rings. The summed E-state index contributed by atoms with van der Waals surface area (Å²) in [4.78, 5) is 22.3. The van der Waals surface area contributed by atoms with Crippen LogP contribution in [0.15, 0.2) is 48.5 Å². The SMILES string of the molecule is CC(C)(C)c1ccc(CNC(=O)c2cccc([N+](=O)[O-])c2)cc1. The molecule has 1 amide bonds. The second kappa shape index (κ2) is 6.60. The van der Waals surface area contributed by atoms with Crippen molar-refractivity contribution >= 4 is 11.6 Å². The molecule has 0 radical (unpaired) electrons. The quantitative estimate of drug-likeness (QED) is 0.689. The van der Waals surface area contributed by atoms with Crippen molar-refractivity contribution in [2.24, 2.45) is 0 Å². The predicted molar refractivity (Wildman–Crippen MR) is 89.4 cm³/mol. The number of non-ortho nitro benzene ring substituents is 1. The van der Waals surface area contributed by atoms with E-state index in [1.54, 1.807) is 6.07 Å². The highest BCUT2D eigenvalue weighted by Gasteiger charge is 2.13. The monoisotopic (exact) mass is 312 g/mol. The van der Waals surface area contributed by atoms with Crippen LogP contribution in [0.25, 0.3) is 0 Å². The zero-order chi connectivity index (χ0) is 17.0. The molecule has 23 heavy (non-hydrogen) atoms. The summed E-state index contributed by atoms with van der Waals surface area (Å²) in [6, 6.07) is 13.8. The third-order valence-electron chi connectivity index (χ3n) is 3.59. The van der Waals surface area contributed by atoms with Crippen LogP contribution < -0.4 is 5.32 Å². The molecule has 1 N–H and O–H groups in total. The van der Waals surface area contributed by atoms with Crippen LogP contribution in [0, 0.1) is 10.1 Å². The Bertz CT molecular complexity index is 716. The van der Waals surface area contributed by atoms with Crippen LogP contribution in [0.2, 0.25) is 0 Å². The van der Waals surface area contributed by atoms with Crippen molar-refractivity contribution in [3.05, 3.63) is 75.3 Å². The summed E-state index contributed by atoms with van der Waals surface area (Å²) in [6.45, 7) is 6.82. The van der Waals surface area contributed by atoms with Crippen molar-refractivity contribution < 1.29 is 9.72 Å². The van der Waals surface area contributed by atoms with Crippen molar-refractivity contribution in [1.82, 2.24) is 5.32 Å². The summed E-state index contributed by atoms with van der Waals surface area (Å²) < 4.78 is 0. The van der Waals surface area contributed by atoms with Gasteiger partial charge in [0, 0.05) is 24.2 Å². The van der Waals surface area contributed by atoms with Crippen LogP contribution in [0.1, 0.15) is 42.3 Å². The van der Waals surface area contributed by atoms with Crippen LogP contribution in [0.4, 0.5) is 5.69 Å². The number of nitrogens with one attached hydrogen (secondary N) is 1. The Kier molecular flexibility index (Phi) is 4.79. The van der Waals surface area contributed by atoms with E-state index in [-0.39, 0.29) is 22.6 Å². The van der Waals surface area contributed by atoms with Gasteiger partial charge in [-0.05, 0) is 22.6 Å².